The summed E-state index contributed by atoms with van der Waals surface area (Å²) in [5.41, 5.74) is 0.745. The molecule has 1 heterocycles. The number of halogens is 1. The number of fused-ring (bicyclic) bond motifs is 1. The zero-order valence-corrected chi connectivity index (χ0v) is 16.8. The lowest BCUT2D eigenvalue weighted by Crippen LogP contribution is -2.41. The predicted octanol–water partition coefficient (Wildman–Crippen LogP) is 4.66. The van der Waals surface area contributed by atoms with Crippen molar-refractivity contribution < 1.29 is 13.2 Å². The van der Waals surface area contributed by atoms with Crippen molar-refractivity contribution in [2.24, 2.45) is 5.92 Å². The largest absolute Gasteiger partial charge is 0.292 e. The van der Waals surface area contributed by atoms with Gasteiger partial charge in [0, 0.05) is 15.8 Å². The van der Waals surface area contributed by atoms with Gasteiger partial charge in [0.2, 0.25) is 10.0 Å². The summed E-state index contributed by atoms with van der Waals surface area (Å²) in [7, 11) is -3.87. The van der Waals surface area contributed by atoms with Gasteiger partial charge in [-0.1, -0.05) is 66.2 Å². The molecular formula is C19H20BrNO3S. The highest BCUT2D eigenvalue weighted by Crippen LogP contribution is 2.40. The first kappa shape index (κ1) is 18.1. The third kappa shape index (κ3) is 2.72. The van der Waals surface area contributed by atoms with Crippen molar-refractivity contribution in [2.45, 2.75) is 31.9 Å². The Hall–Kier alpha value is -1.66. The van der Waals surface area contributed by atoms with E-state index in [1.807, 2.05) is 24.3 Å². The molecule has 0 aliphatic heterocycles. The summed E-state index contributed by atoms with van der Waals surface area (Å²) in [6.45, 7) is 5.24. The quantitative estimate of drug-likeness (QED) is 0.674. The molecule has 0 saturated heterocycles. The van der Waals surface area contributed by atoms with Crippen LogP contribution < -0.4 is 0 Å². The number of hydrogen-bond acceptors (Lipinski definition) is 3. The topological polar surface area (TPSA) is 56.1 Å². The van der Waals surface area contributed by atoms with Gasteiger partial charge < -0.3 is 0 Å². The molecule has 2 aromatic rings. The van der Waals surface area contributed by atoms with Gasteiger partial charge in [0.15, 0.2) is 5.78 Å². The van der Waals surface area contributed by atoms with E-state index in [4.69, 9.17) is 0 Å². The van der Waals surface area contributed by atoms with Crippen LogP contribution in [0, 0.1) is 5.92 Å². The average molecular weight is 422 g/mol. The zero-order valence-electron chi connectivity index (χ0n) is 14.4. The number of allylic oxidation sites excluding steroid dienone is 3. The van der Waals surface area contributed by atoms with Crippen molar-refractivity contribution in [3.05, 3.63) is 58.7 Å². The lowest BCUT2D eigenvalue weighted by Gasteiger charge is -2.31. The fraction of sp³-hybridized carbons (Fsp3) is 0.316. The maximum atomic E-state index is 13.6. The fourth-order valence-electron chi connectivity index (χ4n) is 3.01. The number of nitrogens with zero attached hydrogens (tertiary/aromatic N) is 1. The van der Waals surface area contributed by atoms with Crippen LogP contribution in [0.25, 0.3) is 10.9 Å². The number of rotatable bonds is 4. The van der Waals surface area contributed by atoms with E-state index in [2.05, 4.69) is 15.9 Å². The third-order valence-electron chi connectivity index (χ3n) is 4.64. The average Bonchev–Trinajstić information content (AvgIpc) is 2.96. The molecule has 3 rings (SSSR count). The number of Topliss-reactive ketones (excluding diaryl/α,β-unsaturated/α-hetero) is 1. The Bertz CT molecular complexity index is 1010. The number of hydrogen-bond donors (Lipinski definition) is 0. The van der Waals surface area contributed by atoms with Gasteiger partial charge >= 0.3 is 0 Å². The molecule has 132 valence electrons. The Morgan fingerprint density at radius 2 is 1.96 bits per heavy atom. The van der Waals surface area contributed by atoms with E-state index in [0.717, 1.165) is 5.39 Å². The van der Waals surface area contributed by atoms with Crippen LogP contribution in [0.5, 0.6) is 0 Å². The van der Waals surface area contributed by atoms with Crippen LogP contribution in [-0.2, 0) is 10.0 Å². The molecule has 1 unspecified atom stereocenters. The van der Waals surface area contributed by atoms with Crippen molar-refractivity contribution in [1.29, 1.82) is 0 Å². The highest BCUT2D eigenvalue weighted by Gasteiger charge is 2.45. The Kier molecular flexibility index (Phi) is 4.54. The van der Waals surface area contributed by atoms with Gasteiger partial charge in [-0.05, 0) is 25.5 Å². The van der Waals surface area contributed by atoms with E-state index in [1.54, 1.807) is 45.0 Å². The minimum Gasteiger partial charge on any atom is -0.292 e. The van der Waals surface area contributed by atoms with Gasteiger partial charge in [0.25, 0.3) is 0 Å². The van der Waals surface area contributed by atoms with Crippen LogP contribution >= 0.6 is 15.9 Å². The summed E-state index contributed by atoms with van der Waals surface area (Å²) < 4.78 is 28.0. The highest BCUT2D eigenvalue weighted by atomic mass is 79.9. The monoisotopic (exact) mass is 421 g/mol. The van der Waals surface area contributed by atoms with E-state index >= 15 is 0 Å². The SMILES string of the molecule is CC(C)C(=O)c1cc2ccccc2n1S(=O)(=O)C1(C)CC=CC=C1Br. The Morgan fingerprint density at radius 3 is 2.60 bits per heavy atom. The lowest BCUT2D eigenvalue weighted by atomic mass is 10.0. The van der Waals surface area contributed by atoms with E-state index in [0.29, 0.717) is 16.4 Å². The van der Waals surface area contributed by atoms with Crippen LogP contribution in [0.1, 0.15) is 37.7 Å². The number of carbonyl (C=O) groups is 1. The van der Waals surface area contributed by atoms with Gasteiger partial charge in [-0.15, -0.1) is 0 Å². The summed E-state index contributed by atoms with van der Waals surface area (Å²) in [5, 5.41) is 0.741. The minimum absolute atomic E-state index is 0.185. The molecule has 6 heteroatoms. The molecule has 0 N–H and O–H groups in total. The smallest absolute Gasteiger partial charge is 0.250 e. The summed E-state index contributed by atoms with van der Waals surface area (Å²) in [6, 6.07) is 8.86. The number of aromatic nitrogens is 1. The third-order valence-corrected chi connectivity index (χ3v) is 8.45. The Balaban J connectivity index is 2.34. The summed E-state index contributed by atoms with van der Waals surface area (Å²) in [5.74, 6) is -0.480. The van der Waals surface area contributed by atoms with Crippen LogP contribution in [-0.4, -0.2) is 22.9 Å². The van der Waals surface area contributed by atoms with E-state index < -0.39 is 14.8 Å². The van der Waals surface area contributed by atoms with Crippen molar-refractivity contribution in [2.75, 3.05) is 0 Å². The molecule has 1 aromatic carbocycles. The Labute approximate surface area is 156 Å². The number of carbonyl (C=O) groups excluding carboxylic acids is 1. The predicted molar refractivity (Wildman–Crippen MR) is 105 cm³/mol. The summed E-state index contributed by atoms with van der Waals surface area (Å²) >= 11 is 3.42. The molecule has 4 nitrogen and oxygen atoms in total. The van der Waals surface area contributed by atoms with Gasteiger partial charge in [-0.3, -0.25) is 4.79 Å². The Morgan fingerprint density at radius 1 is 1.28 bits per heavy atom. The molecule has 0 radical (unpaired) electrons. The number of benzene rings is 1. The molecule has 1 aliphatic carbocycles. The first-order valence-electron chi connectivity index (χ1n) is 8.13. The van der Waals surface area contributed by atoms with Crippen molar-refractivity contribution >= 4 is 42.6 Å². The molecule has 0 bridgehead atoms. The van der Waals surface area contributed by atoms with Gasteiger partial charge in [-0.2, -0.15) is 0 Å². The minimum atomic E-state index is -3.87. The first-order chi connectivity index (χ1) is 11.7. The van der Waals surface area contributed by atoms with Gasteiger partial charge in [0.1, 0.15) is 10.4 Å². The summed E-state index contributed by atoms with van der Waals surface area (Å²) in [4.78, 5) is 12.7. The molecule has 1 aromatic heterocycles. The number of ketones is 1. The molecule has 0 spiro atoms. The summed E-state index contributed by atoms with van der Waals surface area (Å²) in [6.07, 6.45) is 5.75. The van der Waals surface area contributed by atoms with Crippen LogP contribution in [0.3, 0.4) is 0 Å². The molecule has 25 heavy (non-hydrogen) atoms. The van der Waals surface area contributed by atoms with Crippen LogP contribution in [0.15, 0.2) is 53.0 Å². The van der Waals surface area contributed by atoms with E-state index in [-0.39, 0.29) is 17.4 Å². The van der Waals surface area contributed by atoms with Crippen molar-refractivity contribution in [3.8, 4) is 0 Å². The van der Waals surface area contributed by atoms with Crippen LogP contribution in [0.4, 0.5) is 0 Å². The normalized spacial score (nSPS) is 20.9. The van der Waals surface area contributed by atoms with E-state index in [1.165, 1.54) is 3.97 Å². The maximum Gasteiger partial charge on any atom is 0.250 e. The van der Waals surface area contributed by atoms with Crippen LogP contribution in [0.2, 0.25) is 0 Å². The maximum absolute atomic E-state index is 13.6. The molecule has 1 atom stereocenters. The molecule has 0 fully saturated rings. The second kappa shape index (κ2) is 6.25. The van der Waals surface area contributed by atoms with Crippen molar-refractivity contribution in [1.82, 2.24) is 3.97 Å². The highest BCUT2D eigenvalue weighted by molar-refractivity contribution is 9.12. The standard InChI is InChI=1S/C19H20BrNO3S/c1-13(2)18(22)16-12-14-8-4-5-9-15(14)21(16)25(23,24)19(3)11-7-6-10-17(19)20/h4-10,12-13H,11H2,1-3H3. The lowest BCUT2D eigenvalue weighted by molar-refractivity contribution is 0.0933. The van der Waals surface area contributed by atoms with Gasteiger partial charge in [-0.25, -0.2) is 12.4 Å². The fourth-order valence-corrected chi connectivity index (χ4v) is 5.78. The van der Waals surface area contributed by atoms with E-state index in [9.17, 15) is 13.2 Å². The molecule has 0 amide bonds. The van der Waals surface area contributed by atoms with Crippen molar-refractivity contribution in [3.63, 3.8) is 0 Å². The second-order valence-corrected chi connectivity index (χ2v) is 9.83. The first-order valence-corrected chi connectivity index (χ1v) is 10.4. The second-order valence-electron chi connectivity index (χ2n) is 6.75. The molecular weight excluding hydrogens is 402 g/mol. The number of para-hydroxylation sites is 1. The zero-order chi connectivity index (χ0) is 18.4. The molecule has 1 aliphatic rings. The van der Waals surface area contributed by atoms with Gasteiger partial charge in [0.05, 0.1) is 5.52 Å². The molecule has 0 saturated carbocycles.